The largest absolute Gasteiger partial charge is 0.468 e. The van der Waals surface area contributed by atoms with Gasteiger partial charge in [-0.05, 0) is 18.6 Å². The van der Waals surface area contributed by atoms with Gasteiger partial charge in [0.05, 0.1) is 19.6 Å². The van der Waals surface area contributed by atoms with E-state index in [1.165, 1.54) is 21.1 Å². The van der Waals surface area contributed by atoms with Crippen LogP contribution in [0.5, 0.6) is 0 Å². The van der Waals surface area contributed by atoms with E-state index in [-0.39, 0.29) is 0 Å². The lowest BCUT2D eigenvalue weighted by atomic mass is 9.72. The Labute approximate surface area is 116 Å². The number of fused-ring (bicyclic) bond motifs is 1. The third-order valence-electron chi connectivity index (χ3n) is 3.66. The molecule has 0 spiro atoms. The molecule has 0 unspecified atom stereocenters. The summed E-state index contributed by atoms with van der Waals surface area (Å²) < 4.78 is 9.31. The topological polar surface area (TPSA) is 81.7 Å². The summed E-state index contributed by atoms with van der Waals surface area (Å²) in [5.74, 6) is -3.38. The lowest BCUT2D eigenvalue weighted by Gasteiger charge is -2.28. The minimum atomic E-state index is -1.35. The Morgan fingerprint density at radius 3 is 2.25 bits per heavy atom. The van der Waals surface area contributed by atoms with Gasteiger partial charge in [-0.2, -0.15) is 0 Å². The highest BCUT2D eigenvalue weighted by Crippen LogP contribution is 2.43. The average Bonchev–Trinajstić information content (AvgIpc) is 2.71. The number of nitrogens with one attached hydrogen (secondary N) is 1. The van der Waals surface area contributed by atoms with Gasteiger partial charge in [0.1, 0.15) is 0 Å². The molecule has 2 rings (SSSR count). The molecule has 1 atom stereocenters. The molecule has 0 saturated heterocycles. The number of amides is 1. The number of esters is 2. The highest BCUT2D eigenvalue weighted by Gasteiger charge is 2.56. The maximum atomic E-state index is 12.3. The molecule has 1 heterocycles. The summed E-state index contributed by atoms with van der Waals surface area (Å²) in [5, 5.41) is 2.67. The van der Waals surface area contributed by atoms with Crippen molar-refractivity contribution in [2.24, 2.45) is 5.92 Å². The highest BCUT2D eigenvalue weighted by molar-refractivity contribution is 6.13. The second-order valence-corrected chi connectivity index (χ2v) is 4.68. The van der Waals surface area contributed by atoms with Gasteiger partial charge < -0.3 is 14.8 Å². The summed E-state index contributed by atoms with van der Waals surface area (Å²) in [7, 11) is 2.33. The Hall–Kier alpha value is -2.37. The van der Waals surface area contributed by atoms with E-state index in [0.29, 0.717) is 11.3 Å². The van der Waals surface area contributed by atoms with Gasteiger partial charge in [-0.1, -0.05) is 18.2 Å². The molecule has 1 aromatic rings. The Bertz CT molecular complexity index is 567. The molecule has 0 bridgehead atoms. The summed E-state index contributed by atoms with van der Waals surface area (Å²) in [6, 6.07) is 6.91. The number of ether oxygens (including phenoxy) is 2. The predicted octanol–water partition coefficient (Wildman–Crippen LogP) is 0.859. The maximum absolute atomic E-state index is 12.3. The number of benzene rings is 1. The zero-order chi connectivity index (χ0) is 14.9. The van der Waals surface area contributed by atoms with Crippen molar-refractivity contribution in [2.45, 2.75) is 12.3 Å². The number of hydrogen-bond acceptors (Lipinski definition) is 5. The molecule has 20 heavy (non-hydrogen) atoms. The van der Waals surface area contributed by atoms with E-state index in [1.54, 1.807) is 24.3 Å². The number of hydrogen-bond donors (Lipinski definition) is 1. The van der Waals surface area contributed by atoms with Gasteiger partial charge in [0, 0.05) is 5.69 Å². The van der Waals surface area contributed by atoms with Crippen molar-refractivity contribution in [1.82, 2.24) is 0 Å². The van der Waals surface area contributed by atoms with Crippen molar-refractivity contribution in [1.29, 1.82) is 0 Å². The quantitative estimate of drug-likeness (QED) is 0.654. The van der Waals surface area contributed by atoms with Crippen LogP contribution in [0.15, 0.2) is 24.3 Å². The van der Waals surface area contributed by atoms with Crippen molar-refractivity contribution >= 4 is 23.5 Å². The third-order valence-corrected chi connectivity index (χ3v) is 3.66. The summed E-state index contributed by atoms with van der Waals surface area (Å²) in [6.07, 6.45) is 0. The van der Waals surface area contributed by atoms with E-state index < -0.39 is 29.2 Å². The third kappa shape index (κ3) is 1.84. The van der Waals surface area contributed by atoms with Crippen molar-refractivity contribution in [2.75, 3.05) is 19.5 Å². The summed E-state index contributed by atoms with van der Waals surface area (Å²) in [4.78, 5) is 36.2. The molecule has 1 aromatic carbocycles. The van der Waals surface area contributed by atoms with Crippen LogP contribution < -0.4 is 5.32 Å². The number of rotatable bonds is 3. The van der Waals surface area contributed by atoms with Crippen LogP contribution in [0.2, 0.25) is 0 Å². The second kappa shape index (κ2) is 4.96. The zero-order valence-electron chi connectivity index (χ0n) is 11.4. The van der Waals surface area contributed by atoms with Crippen molar-refractivity contribution in [3.63, 3.8) is 0 Å². The molecule has 6 heteroatoms. The van der Waals surface area contributed by atoms with E-state index in [9.17, 15) is 14.4 Å². The van der Waals surface area contributed by atoms with Crippen LogP contribution >= 0.6 is 0 Å². The fraction of sp³-hybridized carbons (Fsp3) is 0.357. The van der Waals surface area contributed by atoms with Crippen LogP contribution in [0, 0.1) is 5.92 Å². The second-order valence-electron chi connectivity index (χ2n) is 4.68. The van der Waals surface area contributed by atoms with Crippen LogP contribution in [0.25, 0.3) is 0 Å². The molecule has 6 nitrogen and oxygen atoms in total. The van der Waals surface area contributed by atoms with Crippen molar-refractivity contribution in [3.8, 4) is 0 Å². The number of carbonyl (C=O) groups is 3. The molecule has 1 aliphatic rings. The number of anilines is 1. The Balaban J connectivity index is 2.59. The Morgan fingerprint density at radius 2 is 1.70 bits per heavy atom. The molecule has 0 saturated carbocycles. The predicted molar refractivity (Wildman–Crippen MR) is 69.9 cm³/mol. The van der Waals surface area contributed by atoms with Crippen LogP contribution in [0.1, 0.15) is 12.5 Å². The number of methoxy groups -OCH3 is 2. The Morgan fingerprint density at radius 1 is 1.15 bits per heavy atom. The van der Waals surface area contributed by atoms with Gasteiger partial charge in [0.2, 0.25) is 5.91 Å². The molecule has 0 aromatic heterocycles. The molecule has 1 N–H and O–H groups in total. The van der Waals surface area contributed by atoms with Gasteiger partial charge in [0.25, 0.3) is 0 Å². The molecule has 1 aliphatic heterocycles. The molecule has 0 radical (unpaired) electrons. The van der Waals surface area contributed by atoms with Crippen LogP contribution in [-0.2, 0) is 29.3 Å². The SMILES string of the molecule is COC(=O)C(C(=O)OC)[C@@]1(C)C(=O)Nc2ccccc21. The molecule has 0 fully saturated rings. The maximum Gasteiger partial charge on any atom is 0.321 e. The fourth-order valence-electron chi connectivity index (χ4n) is 2.51. The summed E-state index contributed by atoms with van der Waals surface area (Å²) in [5.41, 5.74) is -0.194. The van der Waals surface area contributed by atoms with Gasteiger partial charge in [0.15, 0.2) is 5.92 Å². The van der Waals surface area contributed by atoms with Crippen LogP contribution in [0.3, 0.4) is 0 Å². The Kier molecular flexibility index (Phi) is 3.48. The fourth-order valence-corrected chi connectivity index (χ4v) is 2.51. The average molecular weight is 277 g/mol. The van der Waals surface area contributed by atoms with Crippen LogP contribution in [0.4, 0.5) is 5.69 Å². The molecule has 0 aliphatic carbocycles. The van der Waals surface area contributed by atoms with E-state index in [0.717, 1.165) is 0 Å². The van der Waals surface area contributed by atoms with Gasteiger partial charge in [-0.25, -0.2) is 0 Å². The molecular formula is C14H15NO5. The standard InChI is InChI=1S/C14H15NO5/c1-14(10(11(16)19-2)12(17)20-3)8-6-4-5-7-9(8)15-13(14)18/h4-7,10H,1-3H3,(H,15,18)/t14-/m0/s1. The first-order chi connectivity index (χ1) is 9.46. The molecular weight excluding hydrogens is 262 g/mol. The summed E-state index contributed by atoms with van der Waals surface area (Å²) in [6.45, 7) is 1.53. The lowest BCUT2D eigenvalue weighted by molar-refractivity contribution is -0.164. The first-order valence-electron chi connectivity index (χ1n) is 6.03. The minimum Gasteiger partial charge on any atom is -0.468 e. The van der Waals surface area contributed by atoms with Crippen molar-refractivity contribution < 1.29 is 23.9 Å². The smallest absolute Gasteiger partial charge is 0.321 e. The monoisotopic (exact) mass is 277 g/mol. The summed E-state index contributed by atoms with van der Waals surface area (Å²) >= 11 is 0. The minimum absolute atomic E-state index is 0.431. The van der Waals surface area contributed by atoms with Crippen molar-refractivity contribution in [3.05, 3.63) is 29.8 Å². The zero-order valence-corrected chi connectivity index (χ0v) is 11.4. The van der Waals surface area contributed by atoms with E-state index in [1.807, 2.05) is 0 Å². The first-order valence-corrected chi connectivity index (χ1v) is 6.03. The lowest BCUT2D eigenvalue weighted by Crippen LogP contribution is -2.48. The van der Waals surface area contributed by atoms with Gasteiger partial charge >= 0.3 is 11.9 Å². The first kappa shape index (κ1) is 14.0. The normalized spacial score (nSPS) is 20.3. The van der Waals surface area contributed by atoms with Crippen LogP contribution in [-0.4, -0.2) is 32.1 Å². The number of para-hydroxylation sites is 1. The van der Waals surface area contributed by atoms with E-state index >= 15 is 0 Å². The highest BCUT2D eigenvalue weighted by atomic mass is 16.5. The number of carbonyl (C=O) groups excluding carboxylic acids is 3. The molecule has 1 amide bonds. The van der Waals surface area contributed by atoms with E-state index in [4.69, 9.17) is 0 Å². The van der Waals surface area contributed by atoms with Gasteiger partial charge in [-0.15, -0.1) is 0 Å². The van der Waals surface area contributed by atoms with E-state index in [2.05, 4.69) is 14.8 Å². The van der Waals surface area contributed by atoms with Gasteiger partial charge in [-0.3, -0.25) is 14.4 Å². The molecule has 106 valence electrons.